The summed E-state index contributed by atoms with van der Waals surface area (Å²) in [6.45, 7) is 2.12. The van der Waals surface area contributed by atoms with Crippen molar-refractivity contribution < 1.29 is 4.84 Å². The third-order valence-corrected chi connectivity index (χ3v) is 3.56. The van der Waals surface area contributed by atoms with E-state index in [1.54, 1.807) is 0 Å². The van der Waals surface area contributed by atoms with Gasteiger partial charge in [0.2, 0.25) is 0 Å². The largest absolute Gasteiger partial charge is 0.298 e. The highest BCUT2D eigenvalue weighted by Crippen LogP contribution is 2.22. The first-order valence-corrected chi connectivity index (χ1v) is 6.71. The van der Waals surface area contributed by atoms with E-state index in [1.165, 1.54) is 31.2 Å². The molecule has 0 aromatic heterocycles. The lowest BCUT2D eigenvalue weighted by atomic mass is 10.1. The molecule has 1 N–H and O–H groups in total. The molecular formula is C13H18BrNO. The predicted octanol–water partition coefficient (Wildman–Crippen LogP) is 3.97. The number of hydrogen-bond acceptors (Lipinski definition) is 2. The number of benzene rings is 1. The van der Waals surface area contributed by atoms with Crippen molar-refractivity contribution in [2.24, 2.45) is 0 Å². The van der Waals surface area contributed by atoms with Crippen molar-refractivity contribution in [2.75, 3.05) is 0 Å². The van der Waals surface area contributed by atoms with Crippen LogP contribution >= 0.6 is 15.9 Å². The van der Waals surface area contributed by atoms with Gasteiger partial charge in [-0.2, -0.15) is 5.48 Å². The first-order valence-electron chi connectivity index (χ1n) is 5.92. The fourth-order valence-corrected chi connectivity index (χ4v) is 2.47. The van der Waals surface area contributed by atoms with E-state index in [2.05, 4.69) is 40.5 Å². The molecule has 1 fully saturated rings. The number of hydroxylamine groups is 1. The third-order valence-electron chi connectivity index (χ3n) is 3.06. The van der Waals surface area contributed by atoms with E-state index < -0.39 is 0 Å². The summed E-state index contributed by atoms with van der Waals surface area (Å²) in [6.07, 6.45) is 5.40. The van der Waals surface area contributed by atoms with E-state index >= 15 is 0 Å². The van der Waals surface area contributed by atoms with E-state index in [1.807, 2.05) is 12.1 Å². The maximum Gasteiger partial charge on any atom is 0.0790 e. The van der Waals surface area contributed by atoms with E-state index in [0.29, 0.717) is 6.10 Å². The lowest BCUT2D eigenvalue weighted by Gasteiger charge is -2.17. The van der Waals surface area contributed by atoms with Gasteiger partial charge < -0.3 is 0 Å². The quantitative estimate of drug-likeness (QED) is 0.845. The molecule has 1 unspecified atom stereocenters. The van der Waals surface area contributed by atoms with E-state index in [4.69, 9.17) is 4.84 Å². The van der Waals surface area contributed by atoms with Crippen LogP contribution in [0.25, 0.3) is 0 Å². The molecule has 0 aliphatic heterocycles. The molecule has 1 aromatic carbocycles. The molecule has 0 spiro atoms. The molecule has 1 aliphatic carbocycles. The van der Waals surface area contributed by atoms with Crippen molar-refractivity contribution in [3.8, 4) is 0 Å². The fraction of sp³-hybridized carbons (Fsp3) is 0.538. The Balaban J connectivity index is 1.85. The molecule has 88 valence electrons. The highest BCUT2D eigenvalue weighted by Gasteiger charge is 2.16. The second-order valence-electron chi connectivity index (χ2n) is 4.42. The Kier molecular flexibility index (Phi) is 4.38. The number of rotatable bonds is 4. The van der Waals surface area contributed by atoms with E-state index in [0.717, 1.165) is 4.47 Å². The monoisotopic (exact) mass is 283 g/mol. The molecule has 0 bridgehead atoms. The molecule has 0 radical (unpaired) electrons. The average molecular weight is 284 g/mol. The van der Waals surface area contributed by atoms with Gasteiger partial charge in [-0.15, -0.1) is 0 Å². The summed E-state index contributed by atoms with van der Waals surface area (Å²) in [5.41, 5.74) is 4.39. The highest BCUT2D eigenvalue weighted by molar-refractivity contribution is 9.10. The van der Waals surface area contributed by atoms with Gasteiger partial charge >= 0.3 is 0 Å². The Labute approximate surface area is 105 Å². The molecule has 2 rings (SSSR count). The van der Waals surface area contributed by atoms with Crippen molar-refractivity contribution in [1.82, 2.24) is 5.48 Å². The summed E-state index contributed by atoms with van der Waals surface area (Å²) < 4.78 is 1.11. The van der Waals surface area contributed by atoms with Crippen molar-refractivity contribution in [1.29, 1.82) is 0 Å². The molecule has 1 atom stereocenters. The van der Waals surface area contributed by atoms with Gasteiger partial charge in [0.15, 0.2) is 0 Å². The summed E-state index contributed by atoms with van der Waals surface area (Å²) in [4.78, 5) is 5.69. The molecule has 1 aliphatic rings. The normalized spacial score (nSPS) is 18.9. The molecule has 2 nitrogen and oxygen atoms in total. The zero-order valence-corrected chi connectivity index (χ0v) is 11.2. The van der Waals surface area contributed by atoms with Crippen molar-refractivity contribution >= 4 is 15.9 Å². The maximum atomic E-state index is 5.69. The fourth-order valence-electron chi connectivity index (χ4n) is 2.05. The lowest BCUT2D eigenvalue weighted by molar-refractivity contribution is -0.0376. The van der Waals surface area contributed by atoms with Gasteiger partial charge in [-0.3, -0.25) is 4.84 Å². The van der Waals surface area contributed by atoms with Gasteiger partial charge in [-0.05, 0) is 37.5 Å². The summed E-state index contributed by atoms with van der Waals surface area (Å²) in [6, 6.07) is 8.55. The molecule has 1 aromatic rings. The number of nitrogens with one attached hydrogen (secondary N) is 1. The molecule has 3 heteroatoms. The molecule has 0 heterocycles. The zero-order valence-electron chi connectivity index (χ0n) is 9.58. The van der Waals surface area contributed by atoms with Gasteiger partial charge in [0.05, 0.1) is 12.1 Å². The van der Waals surface area contributed by atoms with Crippen LogP contribution in [0.15, 0.2) is 28.7 Å². The lowest BCUT2D eigenvalue weighted by Crippen LogP contribution is -2.24. The summed E-state index contributed by atoms with van der Waals surface area (Å²) in [5, 5.41) is 0. The van der Waals surface area contributed by atoms with Crippen molar-refractivity contribution in [3.63, 3.8) is 0 Å². The van der Waals surface area contributed by atoms with Crippen LogP contribution in [0.1, 0.15) is 44.2 Å². The standard InChI is InChI=1S/C13H18BrNO/c1-10(11-5-4-6-12(14)9-11)15-16-13-7-2-3-8-13/h4-6,9-10,13,15H,2-3,7-8H2,1H3. The van der Waals surface area contributed by atoms with Crippen molar-refractivity contribution in [3.05, 3.63) is 34.3 Å². The smallest absolute Gasteiger partial charge is 0.0790 e. The average Bonchev–Trinajstić information content (AvgIpc) is 2.78. The van der Waals surface area contributed by atoms with Gasteiger partial charge in [0.1, 0.15) is 0 Å². The Morgan fingerprint density at radius 1 is 1.38 bits per heavy atom. The predicted molar refractivity (Wildman–Crippen MR) is 69.0 cm³/mol. The summed E-state index contributed by atoms with van der Waals surface area (Å²) in [5.74, 6) is 0. The maximum absolute atomic E-state index is 5.69. The van der Waals surface area contributed by atoms with Crippen molar-refractivity contribution in [2.45, 2.75) is 44.8 Å². The number of hydrogen-bond donors (Lipinski definition) is 1. The Hall–Kier alpha value is -0.380. The Morgan fingerprint density at radius 2 is 2.12 bits per heavy atom. The Morgan fingerprint density at radius 3 is 2.81 bits per heavy atom. The van der Waals surface area contributed by atoms with Crippen LogP contribution in [0.4, 0.5) is 0 Å². The van der Waals surface area contributed by atoms with E-state index in [9.17, 15) is 0 Å². The first-order chi connectivity index (χ1) is 7.75. The molecule has 0 amide bonds. The number of halogens is 1. The molecule has 1 saturated carbocycles. The van der Waals surface area contributed by atoms with Crippen LogP contribution in [-0.2, 0) is 4.84 Å². The van der Waals surface area contributed by atoms with E-state index in [-0.39, 0.29) is 6.04 Å². The van der Waals surface area contributed by atoms with Crippen LogP contribution in [-0.4, -0.2) is 6.10 Å². The third kappa shape index (κ3) is 3.30. The Bertz CT molecular complexity index is 336. The molecule has 0 saturated heterocycles. The van der Waals surface area contributed by atoms with Crippen LogP contribution in [0.2, 0.25) is 0 Å². The summed E-state index contributed by atoms with van der Waals surface area (Å²) >= 11 is 3.48. The summed E-state index contributed by atoms with van der Waals surface area (Å²) in [7, 11) is 0. The minimum atomic E-state index is 0.234. The van der Waals surface area contributed by atoms with Crippen LogP contribution in [0.5, 0.6) is 0 Å². The first kappa shape index (κ1) is 12.1. The minimum Gasteiger partial charge on any atom is -0.298 e. The van der Waals surface area contributed by atoms with Gasteiger partial charge in [0.25, 0.3) is 0 Å². The van der Waals surface area contributed by atoms with Crippen LogP contribution in [0.3, 0.4) is 0 Å². The van der Waals surface area contributed by atoms with Gasteiger partial charge in [-0.25, -0.2) is 0 Å². The molecular weight excluding hydrogens is 266 g/mol. The van der Waals surface area contributed by atoms with Gasteiger partial charge in [0, 0.05) is 4.47 Å². The van der Waals surface area contributed by atoms with Gasteiger partial charge in [-0.1, -0.05) is 40.9 Å². The molecule has 16 heavy (non-hydrogen) atoms. The van der Waals surface area contributed by atoms with Crippen LogP contribution < -0.4 is 5.48 Å². The topological polar surface area (TPSA) is 21.3 Å². The second kappa shape index (κ2) is 5.80. The second-order valence-corrected chi connectivity index (χ2v) is 5.33. The minimum absolute atomic E-state index is 0.234. The SMILES string of the molecule is CC(NOC1CCCC1)c1cccc(Br)c1. The highest BCUT2D eigenvalue weighted by atomic mass is 79.9. The van der Waals surface area contributed by atoms with Crippen LogP contribution in [0, 0.1) is 0 Å². The zero-order chi connectivity index (χ0) is 11.4.